The van der Waals surface area contributed by atoms with Crippen LogP contribution in [0.1, 0.15) is 40.2 Å². The van der Waals surface area contributed by atoms with Crippen molar-refractivity contribution in [3.8, 4) is 5.75 Å². The van der Waals surface area contributed by atoms with E-state index < -0.39 is 0 Å². The van der Waals surface area contributed by atoms with Gasteiger partial charge in [-0.3, -0.25) is 9.78 Å². The number of ether oxygens (including phenoxy) is 1. The van der Waals surface area contributed by atoms with Crippen molar-refractivity contribution in [2.75, 3.05) is 13.1 Å². The lowest BCUT2D eigenvalue weighted by atomic mass is 10.1. The highest BCUT2D eigenvalue weighted by Gasteiger charge is 2.26. The summed E-state index contributed by atoms with van der Waals surface area (Å²) in [5.74, 6) is 0.878. The molecule has 0 saturated carbocycles. The summed E-state index contributed by atoms with van der Waals surface area (Å²) >= 11 is 0. The van der Waals surface area contributed by atoms with Gasteiger partial charge >= 0.3 is 0 Å². The van der Waals surface area contributed by atoms with Crippen LogP contribution in [0, 0.1) is 20.8 Å². The van der Waals surface area contributed by atoms with Gasteiger partial charge in [-0.05, 0) is 26.8 Å². The lowest BCUT2D eigenvalue weighted by molar-refractivity contribution is 0.0592. The van der Waals surface area contributed by atoms with Crippen molar-refractivity contribution in [2.24, 2.45) is 0 Å². The topological polar surface area (TPSA) is 72.6 Å². The normalized spacial score (nSPS) is 15.3. The Kier molecular flexibility index (Phi) is 4.51. The summed E-state index contributed by atoms with van der Waals surface area (Å²) in [5.41, 5.74) is 4.11. The molecule has 7 nitrogen and oxygen atoms in total. The molecule has 0 unspecified atom stereocenters. The molecule has 1 aliphatic rings. The van der Waals surface area contributed by atoms with Gasteiger partial charge in [0.15, 0.2) is 5.65 Å². The van der Waals surface area contributed by atoms with Gasteiger partial charge in [0.05, 0.1) is 17.0 Å². The molecule has 4 heterocycles. The van der Waals surface area contributed by atoms with Crippen molar-refractivity contribution in [3.05, 3.63) is 53.2 Å². The van der Waals surface area contributed by atoms with E-state index in [1.165, 1.54) is 0 Å². The molecule has 7 heteroatoms. The van der Waals surface area contributed by atoms with E-state index in [0.29, 0.717) is 18.7 Å². The minimum absolute atomic E-state index is 0.00796. The van der Waals surface area contributed by atoms with Gasteiger partial charge < -0.3 is 9.64 Å². The van der Waals surface area contributed by atoms with E-state index in [-0.39, 0.29) is 12.0 Å². The molecule has 1 saturated heterocycles. The first-order valence-electron chi connectivity index (χ1n) is 9.21. The molecule has 1 amide bonds. The van der Waals surface area contributed by atoms with Gasteiger partial charge in [0, 0.05) is 56.2 Å². The number of pyridine rings is 1. The third kappa shape index (κ3) is 3.37. The molecule has 0 spiro atoms. The average Bonchev–Trinajstić information content (AvgIpc) is 3.05. The quantitative estimate of drug-likeness (QED) is 0.714. The zero-order valence-corrected chi connectivity index (χ0v) is 15.8. The fourth-order valence-corrected chi connectivity index (χ4v) is 3.49. The van der Waals surface area contributed by atoms with E-state index in [1.54, 1.807) is 23.1 Å². The molecule has 3 aromatic heterocycles. The lowest BCUT2D eigenvalue weighted by Gasteiger charge is -2.32. The standard InChI is InChI=1S/C20H23N5O2/c1-13-11-21-7-4-18(13)27-16-5-8-24(9-6-16)20(26)17-12-22-19-10-14(2)23-25(19)15(17)3/h4,7,10-12,16H,5-6,8-9H2,1-3H3. The maximum absolute atomic E-state index is 13.0. The molecule has 0 bridgehead atoms. The minimum atomic E-state index is 0.00796. The predicted molar refractivity (Wildman–Crippen MR) is 101 cm³/mol. The molecule has 140 valence electrons. The summed E-state index contributed by atoms with van der Waals surface area (Å²) in [6, 6.07) is 3.80. The smallest absolute Gasteiger partial charge is 0.257 e. The molecule has 27 heavy (non-hydrogen) atoms. The SMILES string of the molecule is Cc1cc2ncc(C(=O)N3CCC(Oc4ccncc4C)CC3)c(C)n2n1. The van der Waals surface area contributed by atoms with Crippen LogP contribution in [0.2, 0.25) is 0 Å². The first-order valence-corrected chi connectivity index (χ1v) is 9.21. The summed E-state index contributed by atoms with van der Waals surface area (Å²) in [5, 5.41) is 4.43. The van der Waals surface area contributed by atoms with Crippen LogP contribution in [0.5, 0.6) is 5.75 Å². The van der Waals surface area contributed by atoms with Gasteiger partial charge in [-0.2, -0.15) is 5.10 Å². The van der Waals surface area contributed by atoms with Crippen LogP contribution < -0.4 is 4.74 Å². The van der Waals surface area contributed by atoms with Crippen molar-refractivity contribution in [3.63, 3.8) is 0 Å². The van der Waals surface area contributed by atoms with Gasteiger partial charge in [-0.25, -0.2) is 9.50 Å². The summed E-state index contributed by atoms with van der Waals surface area (Å²) < 4.78 is 7.84. The van der Waals surface area contributed by atoms with Crippen LogP contribution in [-0.4, -0.2) is 49.6 Å². The van der Waals surface area contributed by atoms with E-state index in [1.807, 2.05) is 37.8 Å². The second-order valence-electron chi connectivity index (χ2n) is 7.06. The van der Waals surface area contributed by atoms with Gasteiger partial charge in [0.25, 0.3) is 5.91 Å². The van der Waals surface area contributed by atoms with Crippen molar-refractivity contribution in [1.29, 1.82) is 0 Å². The Hall–Kier alpha value is -2.96. The van der Waals surface area contributed by atoms with Crippen molar-refractivity contribution >= 4 is 11.6 Å². The molecule has 0 atom stereocenters. The van der Waals surface area contributed by atoms with Crippen LogP contribution in [0.25, 0.3) is 5.65 Å². The lowest BCUT2D eigenvalue weighted by Crippen LogP contribution is -2.42. The molecule has 1 fully saturated rings. The number of amides is 1. The van der Waals surface area contributed by atoms with Crippen LogP contribution in [0.4, 0.5) is 0 Å². The van der Waals surface area contributed by atoms with Crippen molar-refractivity contribution in [1.82, 2.24) is 24.5 Å². The van der Waals surface area contributed by atoms with Crippen molar-refractivity contribution in [2.45, 2.75) is 39.7 Å². The average molecular weight is 365 g/mol. The first kappa shape index (κ1) is 17.5. The maximum Gasteiger partial charge on any atom is 0.257 e. The van der Waals surface area contributed by atoms with E-state index in [0.717, 1.165) is 41.2 Å². The summed E-state index contributed by atoms with van der Waals surface area (Å²) in [6.07, 6.45) is 6.94. The minimum Gasteiger partial charge on any atom is -0.490 e. The Morgan fingerprint density at radius 3 is 2.70 bits per heavy atom. The number of hydrogen-bond donors (Lipinski definition) is 0. The number of nitrogens with zero attached hydrogens (tertiary/aromatic N) is 5. The highest BCUT2D eigenvalue weighted by Crippen LogP contribution is 2.23. The number of aromatic nitrogens is 4. The molecule has 0 aromatic carbocycles. The molecule has 0 N–H and O–H groups in total. The Bertz CT molecular complexity index is 989. The molecular weight excluding hydrogens is 342 g/mol. The van der Waals surface area contributed by atoms with Gasteiger partial charge in [-0.15, -0.1) is 0 Å². The van der Waals surface area contributed by atoms with E-state index >= 15 is 0 Å². The van der Waals surface area contributed by atoms with E-state index in [4.69, 9.17) is 4.74 Å². The third-order valence-corrected chi connectivity index (χ3v) is 5.07. The molecular formula is C20H23N5O2. The first-order chi connectivity index (χ1) is 13.0. The predicted octanol–water partition coefficient (Wildman–Crippen LogP) is 2.73. The van der Waals surface area contributed by atoms with Crippen molar-refractivity contribution < 1.29 is 9.53 Å². The molecule has 3 aromatic rings. The summed E-state index contributed by atoms with van der Waals surface area (Å²) in [6.45, 7) is 7.16. The molecule has 1 aliphatic heterocycles. The van der Waals surface area contributed by atoms with Gasteiger partial charge in [-0.1, -0.05) is 0 Å². The van der Waals surface area contributed by atoms with Gasteiger partial charge in [0.1, 0.15) is 11.9 Å². The fourth-order valence-electron chi connectivity index (χ4n) is 3.49. The number of hydrogen-bond acceptors (Lipinski definition) is 5. The Morgan fingerprint density at radius 2 is 1.96 bits per heavy atom. The second kappa shape index (κ2) is 6.98. The Balaban J connectivity index is 1.44. The van der Waals surface area contributed by atoms with Crippen LogP contribution in [0.3, 0.4) is 0 Å². The van der Waals surface area contributed by atoms with Crippen LogP contribution in [0.15, 0.2) is 30.7 Å². The van der Waals surface area contributed by atoms with Gasteiger partial charge in [0.2, 0.25) is 0 Å². The van der Waals surface area contributed by atoms with Crippen LogP contribution in [-0.2, 0) is 0 Å². The van der Waals surface area contributed by atoms with Crippen LogP contribution >= 0.6 is 0 Å². The fraction of sp³-hybridized carbons (Fsp3) is 0.400. The monoisotopic (exact) mass is 365 g/mol. The molecule has 0 radical (unpaired) electrons. The molecule has 0 aliphatic carbocycles. The number of aryl methyl sites for hydroxylation is 3. The zero-order valence-electron chi connectivity index (χ0n) is 15.8. The number of rotatable bonds is 3. The Labute approximate surface area is 158 Å². The highest BCUT2D eigenvalue weighted by atomic mass is 16.5. The molecule has 4 rings (SSSR count). The second-order valence-corrected chi connectivity index (χ2v) is 7.06. The summed E-state index contributed by atoms with van der Waals surface area (Å²) in [7, 11) is 0. The third-order valence-electron chi connectivity index (χ3n) is 5.07. The number of carbonyl (C=O) groups is 1. The largest absolute Gasteiger partial charge is 0.490 e. The van der Waals surface area contributed by atoms with E-state index in [2.05, 4.69) is 15.1 Å². The number of fused-ring (bicyclic) bond motifs is 1. The number of carbonyl (C=O) groups excluding carboxylic acids is 1. The maximum atomic E-state index is 13.0. The Morgan fingerprint density at radius 1 is 1.19 bits per heavy atom. The number of piperidine rings is 1. The number of likely N-dealkylation sites (tertiary alicyclic amines) is 1. The van der Waals surface area contributed by atoms with E-state index in [9.17, 15) is 4.79 Å². The zero-order chi connectivity index (χ0) is 19.0. The summed E-state index contributed by atoms with van der Waals surface area (Å²) in [4.78, 5) is 23.3. The highest BCUT2D eigenvalue weighted by molar-refractivity contribution is 5.95.